The zero-order valence-corrected chi connectivity index (χ0v) is 21.3. The van der Waals surface area contributed by atoms with Gasteiger partial charge in [-0.05, 0) is 49.9 Å². The smallest absolute Gasteiger partial charge is 0.343 e. The molecule has 1 spiro atoms. The second-order valence-electron chi connectivity index (χ2n) is 10.1. The lowest BCUT2D eigenvalue weighted by Gasteiger charge is -2.51. The van der Waals surface area contributed by atoms with Crippen LogP contribution < -0.4 is 11.0 Å². The topological polar surface area (TPSA) is 122 Å². The van der Waals surface area contributed by atoms with Crippen LogP contribution in [-0.4, -0.2) is 67.8 Å². The molecule has 0 bridgehead atoms. The molecule has 2 aromatic heterocycles. The number of fused-ring (bicyclic) bond motifs is 2. The monoisotopic (exact) mass is 554 g/mol. The van der Waals surface area contributed by atoms with E-state index in [9.17, 15) is 14.4 Å². The third-order valence-corrected chi connectivity index (χ3v) is 8.10. The molecule has 2 unspecified atom stereocenters. The number of H-pyrrole nitrogens is 1. The van der Waals surface area contributed by atoms with Crippen molar-refractivity contribution in [2.24, 2.45) is 5.92 Å². The molecule has 188 valence electrons. The highest BCUT2D eigenvalue weighted by atomic mass is 79.9. The zero-order valence-electron chi connectivity index (χ0n) is 19.7. The Labute approximate surface area is 215 Å². The van der Waals surface area contributed by atoms with Crippen LogP contribution in [0.15, 0.2) is 39.7 Å². The predicted molar refractivity (Wildman–Crippen MR) is 134 cm³/mol. The summed E-state index contributed by atoms with van der Waals surface area (Å²) in [6, 6.07) is 7.69. The molecule has 6 rings (SSSR count). The molecule has 10 nitrogen and oxygen atoms in total. The SMILES string of the molecule is O=C(NCC1CN(C(=O)c2cnc3ccc(Br)cc3c2)CC2(CCC2)O1)C1CCn2c(n[nH]c2=O)C1. The molecule has 2 atom stereocenters. The Morgan fingerprint density at radius 1 is 1.28 bits per heavy atom. The van der Waals surface area contributed by atoms with E-state index in [2.05, 4.69) is 36.4 Å². The standard InChI is InChI=1S/C25H27BrN6O4/c26-18-2-3-20-16(9-18)8-17(11-27-20)23(34)31-13-19(36-25(14-31)5-1-6-25)12-28-22(33)15-4-7-32-21(10-15)29-30-24(32)35/h2-3,8-9,11,15,19H,1,4-7,10,12-14H2,(H,28,33)(H,30,35). The van der Waals surface area contributed by atoms with Crippen molar-refractivity contribution >= 4 is 38.6 Å². The normalized spacial score (nSPS) is 22.8. The lowest BCUT2D eigenvalue weighted by molar-refractivity contribution is -0.181. The molecule has 1 aromatic carbocycles. The fourth-order valence-electron chi connectivity index (χ4n) is 5.52. The van der Waals surface area contributed by atoms with Gasteiger partial charge < -0.3 is 15.0 Å². The first-order chi connectivity index (χ1) is 17.4. The minimum Gasteiger partial charge on any atom is -0.366 e. The number of nitrogens with zero attached hydrogens (tertiary/aromatic N) is 4. The first kappa shape index (κ1) is 23.4. The van der Waals surface area contributed by atoms with Gasteiger partial charge in [-0.15, -0.1) is 0 Å². The van der Waals surface area contributed by atoms with Crippen LogP contribution in [0.25, 0.3) is 10.9 Å². The van der Waals surface area contributed by atoms with Crippen molar-refractivity contribution in [1.29, 1.82) is 0 Å². The number of benzene rings is 1. The summed E-state index contributed by atoms with van der Waals surface area (Å²) in [5.41, 5.74) is 0.811. The Bertz CT molecular complexity index is 1400. The molecule has 3 aromatic rings. The largest absolute Gasteiger partial charge is 0.366 e. The Balaban J connectivity index is 1.13. The van der Waals surface area contributed by atoms with Crippen LogP contribution in [-0.2, 0) is 22.5 Å². The van der Waals surface area contributed by atoms with Crippen molar-refractivity contribution in [1.82, 2.24) is 30.0 Å². The summed E-state index contributed by atoms with van der Waals surface area (Å²) in [4.78, 5) is 44.5. The molecular weight excluding hydrogens is 528 g/mol. The van der Waals surface area contributed by atoms with Crippen LogP contribution in [0.3, 0.4) is 0 Å². The maximum absolute atomic E-state index is 13.5. The summed E-state index contributed by atoms with van der Waals surface area (Å²) >= 11 is 3.48. The van der Waals surface area contributed by atoms with E-state index >= 15 is 0 Å². The van der Waals surface area contributed by atoms with E-state index in [1.165, 1.54) is 0 Å². The van der Waals surface area contributed by atoms with E-state index in [0.717, 1.165) is 34.6 Å². The number of aromatic amines is 1. The van der Waals surface area contributed by atoms with Gasteiger partial charge in [0.15, 0.2) is 0 Å². The number of morpholine rings is 1. The number of amides is 2. The first-order valence-corrected chi connectivity index (χ1v) is 13.1. The summed E-state index contributed by atoms with van der Waals surface area (Å²) in [6.45, 7) is 1.76. The van der Waals surface area contributed by atoms with Crippen LogP contribution in [0.2, 0.25) is 0 Å². The number of ether oxygens (including phenoxy) is 1. The molecule has 1 saturated heterocycles. The Morgan fingerprint density at radius 2 is 2.14 bits per heavy atom. The number of nitrogens with one attached hydrogen (secondary N) is 2. The van der Waals surface area contributed by atoms with Crippen molar-refractivity contribution in [3.8, 4) is 0 Å². The van der Waals surface area contributed by atoms with Crippen LogP contribution in [0.4, 0.5) is 0 Å². The molecule has 3 aliphatic rings. The quantitative estimate of drug-likeness (QED) is 0.508. The van der Waals surface area contributed by atoms with Crippen LogP contribution in [0, 0.1) is 5.92 Å². The van der Waals surface area contributed by atoms with E-state index in [-0.39, 0.29) is 35.1 Å². The average molecular weight is 555 g/mol. The molecule has 2 N–H and O–H groups in total. The molecule has 2 aliphatic heterocycles. The number of aromatic nitrogens is 4. The number of hydrogen-bond donors (Lipinski definition) is 2. The predicted octanol–water partition coefficient (Wildman–Crippen LogP) is 2.02. The zero-order chi connectivity index (χ0) is 24.9. The van der Waals surface area contributed by atoms with Gasteiger partial charge in [-0.25, -0.2) is 9.89 Å². The summed E-state index contributed by atoms with van der Waals surface area (Å²) in [7, 11) is 0. The summed E-state index contributed by atoms with van der Waals surface area (Å²) in [5, 5.41) is 10.4. The van der Waals surface area contributed by atoms with Gasteiger partial charge in [0, 0.05) is 48.0 Å². The fraction of sp³-hybridized carbons (Fsp3) is 0.480. The van der Waals surface area contributed by atoms with Gasteiger partial charge in [-0.2, -0.15) is 5.10 Å². The van der Waals surface area contributed by atoms with Crippen molar-refractivity contribution in [2.45, 2.75) is 50.4 Å². The minimum atomic E-state index is -0.341. The lowest BCUT2D eigenvalue weighted by Crippen LogP contribution is -2.62. The molecule has 2 fully saturated rings. The maximum Gasteiger partial charge on any atom is 0.343 e. The van der Waals surface area contributed by atoms with Gasteiger partial charge in [0.25, 0.3) is 5.91 Å². The molecule has 2 amide bonds. The van der Waals surface area contributed by atoms with Gasteiger partial charge in [-0.3, -0.25) is 19.1 Å². The van der Waals surface area contributed by atoms with Gasteiger partial charge in [-0.1, -0.05) is 15.9 Å². The van der Waals surface area contributed by atoms with E-state index < -0.39 is 0 Å². The second-order valence-corrected chi connectivity index (χ2v) is 11.0. The maximum atomic E-state index is 13.5. The molecule has 11 heteroatoms. The number of pyridine rings is 1. The van der Waals surface area contributed by atoms with Gasteiger partial charge in [0.2, 0.25) is 5.91 Å². The molecule has 36 heavy (non-hydrogen) atoms. The number of hydrogen-bond acceptors (Lipinski definition) is 6. The molecular formula is C25H27BrN6O4. The van der Waals surface area contributed by atoms with Gasteiger partial charge in [0.1, 0.15) is 5.82 Å². The Kier molecular flexibility index (Phi) is 5.91. The molecule has 1 aliphatic carbocycles. The lowest BCUT2D eigenvalue weighted by atomic mass is 9.78. The van der Waals surface area contributed by atoms with Crippen molar-refractivity contribution in [3.05, 3.63) is 56.8 Å². The van der Waals surface area contributed by atoms with Crippen LogP contribution in [0.5, 0.6) is 0 Å². The third-order valence-electron chi connectivity index (χ3n) is 7.60. The van der Waals surface area contributed by atoms with Crippen molar-refractivity contribution in [3.63, 3.8) is 0 Å². The van der Waals surface area contributed by atoms with E-state index in [4.69, 9.17) is 4.74 Å². The number of carbonyl (C=O) groups excluding carboxylic acids is 2. The highest BCUT2D eigenvalue weighted by Gasteiger charge is 2.46. The van der Waals surface area contributed by atoms with Crippen molar-refractivity contribution in [2.75, 3.05) is 19.6 Å². The number of rotatable bonds is 4. The molecule has 4 heterocycles. The van der Waals surface area contributed by atoms with Crippen LogP contribution in [0.1, 0.15) is 41.9 Å². The van der Waals surface area contributed by atoms with Gasteiger partial charge in [0.05, 0.1) is 29.3 Å². The first-order valence-electron chi connectivity index (χ1n) is 12.3. The Hall–Kier alpha value is -3.05. The van der Waals surface area contributed by atoms with E-state index in [1.54, 1.807) is 10.8 Å². The minimum absolute atomic E-state index is 0.0703. The fourth-order valence-corrected chi connectivity index (χ4v) is 5.90. The average Bonchev–Trinajstić information content (AvgIpc) is 3.25. The van der Waals surface area contributed by atoms with Crippen LogP contribution >= 0.6 is 15.9 Å². The summed E-state index contributed by atoms with van der Waals surface area (Å²) in [5.74, 6) is 0.228. The summed E-state index contributed by atoms with van der Waals surface area (Å²) < 4.78 is 8.93. The number of halogens is 1. The van der Waals surface area contributed by atoms with E-state index in [1.807, 2.05) is 29.2 Å². The summed E-state index contributed by atoms with van der Waals surface area (Å²) in [6.07, 6.45) is 5.24. The molecule has 0 radical (unpaired) electrons. The van der Waals surface area contributed by atoms with Crippen molar-refractivity contribution < 1.29 is 14.3 Å². The van der Waals surface area contributed by atoms with Gasteiger partial charge >= 0.3 is 5.69 Å². The molecule has 1 saturated carbocycles. The van der Waals surface area contributed by atoms with E-state index in [0.29, 0.717) is 50.4 Å². The number of carbonyl (C=O) groups is 2. The highest BCUT2D eigenvalue weighted by molar-refractivity contribution is 9.10. The third kappa shape index (κ3) is 4.34. The highest BCUT2D eigenvalue weighted by Crippen LogP contribution is 2.40. The second kappa shape index (κ2) is 9.11. The Morgan fingerprint density at radius 3 is 2.94 bits per heavy atom.